The molecule has 0 aliphatic heterocycles. The van der Waals surface area contributed by atoms with Gasteiger partial charge in [-0.05, 0) is 55.3 Å². The van der Waals surface area contributed by atoms with Gasteiger partial charge in [0.25, 0.3) is 0 Å². The molecule has 0 spiro atoms. The summed E-state index contributed by atoms with van der Waals surface area (Å²) in [7, 11) is 0. The van der Waals surface area contributed by atoms with Crippen LogP contribution < -0.4 is 0 Å². The molecular formula is C23H16Cl2N2O2. The summed E-state index contributed by atoms with van der Waals surface area (Å²) < 4.78 is 0. The highest BCUT2D eigenvalue weighted by Crippen LogP contribution is 2.33. The lowest BCUT2D eigenvalue weighted by atomic mass is 9.96. The van der Waals surface area contributed by atoms with E-state index in [0.717, 1.165) is 22.4 Å². The molecule has 4 aromatic rings. The number of carboxylic acid groups (broad SMARTS) is 1. The van der Waals surface area contributed by atoms with Crippen LogP contribution in [0.25, 0.3) is 33.3 Å². The van der Waals surface area contributed by atoms with Gasteiger partial charge in [-0.3, -0.25) is 0 Å². The molecule has 4 nitrogen and oxygen atoms in total. The topological polar surface area (TPSA) is 63.1 Å². The van der Waals surface area contributed by atoms with Gasteiger partial charge in [-0.25, -0.2) is 14.8 Å². The van der Waals surface area contributed by atoms with Crippen molar-refractivity contribution in [3.05, 3.63) is 81.6 Å². The van der Waals surface area contributed by atoms with Crippen LogP contribution in [0.1, 0.15) is 21.6 Å². The number of aromatic nitrogens is 2. The van der Waals surface area contributed by atoms with Gasteiger partial charge in [0.15, 0.2) is 0 Å². The second-order valence-corrected chi connectivity index (χ2v) is 7.59. The predicted molar refractivity (Wildman–Crippen MR) is 117 cm³/mol. The van der Waals surface area contributed by atoms with E-state index in [0.29, 0.717) is 32.3 Å². The number of hydrogen-bond donors (Lipinski definition) is 1. The minimum Gasteiger partial charge on any atom is -0.478 e. The van der Waals surface area contributed by atoms with Crippen LogP contribution in [0.4, 0.5) is 0 Å². The monoisotopic (exact) mass is 422 g/mol. The lowest BCUT2D eigenvalue weighted by Crippen LogP contribution is -2.05. The average Bonchev–Trinajstić information content (AvgIpc) is 2.67. The van der Waals surface area contributed by atoms with Crippen molar-refractivity contribution >= 4 is 40.1 Å². The number of nitrogens with zero attached hydrogens (tertiary/aromatic N) is 2. The van der Waals surface area contributed by atoms with Crippen molar-refractivity contribution in [1.29, 1.82) is 0 Å². The van der Waals surface area contributed by atoms with E-state index in [9.17, 15) is 9.90 Å². The zero-order valence-electron chi connectivity index (χ0n) is 15.7. The second-order valence-electron chi connectivity index (χ2n) is 6.80. The van der Waals surface area contributed by atoms with Crippen LogP contribution in [0.2, 0.25) is 10.2 Å². The standard InChI is InChI=1S/C23H16Cl2N2O2/c1-12-3-9-17(22(25)26-12)14-4-6-15(7-5-14)21-13(2)20(23(28)29)18-11-16(24)8-10-19(18)27-21/h3-11H,1-2H3,(H,28,29). The molecule has 0 atom stereocenters. The number of carboxylic acids is 1. The Morgan fingerprint density at radius 1 is 0.897 bits per heavy atom. The van der Waals surface area contributed by atoms with Gasteiger partial charge >= 0.3 is 5.97 Å². The van der Waals surface area contributed by atoms with Crippen LogP contribution in [-0.4, -0.2) is 21.0 Å². The van der Waals surface area contributed by atoms with Crippen LogP contribution in [0.3, 0.4) is 0 Å². The smallest absolute Gasteiger partial charge is 0.336 e. The molecule has 0 aliphatic carbocycles. The Balaban J connectivity index is 1.85. The summed E-state index contributed by atoms with van der Waals surface area (Å²) in [5.41, 5.74) is 5.45. The van der Waals surface area contributed by atoms with E-state index in [2.05, 4.69) is 4.98 Å². The molecule has 4 rings (SSSR count). The zero-order valence-corrected chi connectivity index (χ0v) is 17.2. The van der Waals surface area contributed by atoms with E-state index < -0.39 is 5.97 Å². The number of fused-ring (bicyclic) bond motifs is 1. The first-order valence-corrected chi connectivity index (χ1v) is 9.68. The fraction of sp³-hybridized carbons (Fsp3) is 0.0870. The molecule has 1 N–H and O–H groups in total. The molecule has 0 amide bonds. The fourth-order valence-corrected chi connectivity index (χ4v) is 3.91. The quantitative estimate of drug-likeness (QED) is 0.378. The lowest BCUT2D eigenvalue weighted by Gasteiger charge is -2.13. The maximum absolute atomic E-state index is 11.9. The normalized spacial score (nSPS) is 11.0. The van der Waals surface area contributed by atoms with Crippen LogP contribution >= 0.6 is 23.2 Å². The first-order chi connectivity index (χ1) is 13.8. The first-order valence-electron chi connectivity index (χ1n) is 8.92. The number of hydrogen-bond acceptors (Lipinski definition) is 3. The van der Waals surface area contributed by atoms with Gasteiger partial charge in [0.05, 0.1) is 16.8 Å². The summed E-state index contributed by atoms with van der Waals surface area (Å²) in [5.74, 6) is -1.01. The Hall–Kier alpha value is -2.95. The van der Waals surface area contributed by atoms with Gasteiger partial charge in [0, 0.05) is 27.2 Å². The van der Waals surface area contributed by atoms with Gasteiger partial charge in [0.2, 0.25) is 0 Å². The van der Waals surface area contributed by atoms with Crippen molar-refractivity contribution in [1.82, 2.24) is 9.97 Å². The van der Waals surface area contributed by atoms with Crippen molar-refractivity contribution in [2.45, 2.75) is 13.8 Å². The number of aromatic carboxylic acids is 1. The van der Waals surface area contributed by atoms with E-state index in [-0.39, 0.29) is 5.56 Å². The van der Waals surface area contributed by atoms with Crippen molar-refractivity contribution < 1.29 is 9.90 Å². The van der Waals surface area contributed by atoms with Crippen molar-refractivity contribution in [3.63, 3.8) is 0 Å². The molecule has 29 heavy (non-hydrogen) atoms. The van der Waals surface area contributed by atoms with Crippen molar-refractivity contribution in [2.24, 2.45) is 0 Å². The maximum atomic E-state index is 11.9. The second kappa shape index (κ2) is 7.47. The highest BCUT2D eigenvalue weighted by Gasteiger charge is 2.18. The summed E-state index contributed by atoms with van der Waals surface area (Å²) in [6, 6.07) is 16.6. The average molecular weight is 423 g/mol. The Bertz CT molecular complexity index is 1270. The summed E-state index contributed by atoms with van der Waals surface area (Å²) >= 11 is 12.3. The molecule has 2 heterocycles. The van der Waals surface area contributed by atoms with E-state index >= 15 is 0 Å². The molecule has 144 valence electrons. The molecule has 2 aromatic heterocycles. The molecule has 2 aromatic carbocycles. The van der Waals surface area contributed by atoms with Gasteiger partial charge in [0.1, 0.15) is 5.15 Å². The first kappa shape index (κ1) is 19.4. The SMILES string of the molecule is Cc1ccc(-c2ccc(-c3nc4ccc(Cl)cc4c(C(=O)O)c3C)cc2)c(Cl)n1. The van der Waals surface area contributed by atoms with Crippen LogP contribution in [0.15, 0.2) is 54.6 Å². The number of benzene rings is 2. The van der Waals surface area contributed by atoms with E-state index in [1.54, 1.807) is 25.1 Å². The van der Waals surface area contributed by atoms with Crippen molar-refractivity contribution in [3.8, 4) is 22.4 Å². The zero-order chi connectivity index (χ0) is 20.7. The highest BCUT2D eigenvalue weighted by molar-refractivity contribution is 6.32. The molecule has 0 aliphatic rings. The molecule has 6 heteroatoms. The number of aryl methyl sites for hydroxylation is 1. The summed E-state index contributed by atoms with van der Waals surface area (Å²) in [5, 5.41) is 11.2. The molecule has 0 bridgehead atoms. The molecule has 0 saturated heterocycles. The Morgan fingerprint density at radius 2 is 1.59 bits per heavy atom. The number of pyridine rings is 2. The van der Waals surface area contributed by atoms with E-state index in [4.69, 9.17) is 28.2 Å². The Morgan fingerprint density at radius 3 is 2.24 bits per heavy atom. The molecule has 0 fully saturated rings. The maximum Gasteiger partial charge on any atom is 0.336 e. The van der Waals surface area contributed by atoms with Gasteiger partial charge in [-0.1, -0.05) is 47.5 Å². The van der Waals surface area contributed by atoms with Gasteiger partial charge in [-0.15, -0.1) is 0 Å². The summed E-state index contributed by atoms with van der Waals surface area (Å²) in [4.78, 5) is 20.9. The summed E-state index contributed by atoms with van der Waals surface area (Å²) in [6.07, 6.45) is 0. The number of halogens is 2. The highest BCUT2D eigenvalue weighted by atomic mass is 35.5. The molecule has 0 saturated carbocycles. The van der Waals surface area contributed by atoms with Crippen LogP contribution in [-0.2, 0) is 0 Å². The number of carbonyl (C=O) groups is 1. The Kier molecular flexibility index (Phi) is 4.99. The van der Waals surface area contributed by atoms with Crippen molar-refractivity contribution in [2.75, 3.05) is 0 Å². The molecule has 0 unspecified atom stereocenters. The largest absolute Gasteiger partial charge is 0.478 e. The third-order valence-electron chi connectivity index (χ3n) is 4.86. The Labute approximate surface area is 177 Å². The van der Waals surface area contributed by atoms with Gasteiger partial charge in [-0.2, -0.15) is 0 Å². The third-order valence-corrected chi connectivity index (χ3v) is 5.38. The van der Waals surface area contributed by atoms with E-state index in [1.807, 2.05) is 43.3 Å². The van der Waals surface area contributed by atoms with E-state index in [1.165, 1.54) is 0 Å². The minimum atomic E-state index is -1.01. The van der Waals surface area contributed by atoms with Crippen LogP contribution in [0.5, 0.6) is 0 Å². The van der Waals surface area contributed by atoms with Gasteiger partial charge < -0.3 is 5.11 Å². The number of rotatable bonds is 3. The third kappa shape index (κ3) is 3.57. The summed E-state index contributed by atoms with van der Waals surface area (Å²) in [6.45, 7) is 3.65. The van der Waals surface area contributed by atoms with Crippen LogP contribution in [0, 0.1) is 13.8 Å². The predicted octanol–water partition coefficient (Wildman–Crippen LogP) is 6.59. The minimum absolute atomic E-state index is 0.211. The molecule has 0 radical (unpaired) electrons. The fourth-order valence-electron chi connectivity index (χ4n) is 3.44. The molecular weight excluding hydrogens is 407 g/mol. The lowest BCUT2D eigenvalue weighted by molar-refractivity contribution is 0.0698.